The van der Waals surface area contributed by atoms with E-state index in [0.717, 1.165) is 12.8 Å². The lowest BCUT2D eigenvalue weighted by Gasteiger charge is -2.12. The van der Waals surface area contributed by atoms with Crippen molar-refractivity contribution in [2.75, 3.05) is 7.11 Å². The molecule has 1 amide bonds. The number of methoxy groups -OCH3 is 1. The van der Waals surface area contributed by atoms with Gasteiger partial charge < -0.3 is 15.2 Å². The van der Waals surface area contributed by atoms with Gasteiger partial charge in [-0.25, -0.2) is 0 Å². The van der Waals surface area contributed by atoms with E-state index in [2.05, 4.69) is 12.2 Å². The first-order valence-corrected chi connectivity index (χ1v) is 6.22. The van der Waals surface area contributed by atoms with Gasteiger partial charge in [-0.1, -0.05) is 20.3 Å². The Morgan fingerprint density at radius 3 is 2.83 bits per heavy atom. The highest BCUT2D eigenvalue weighted by Gasteiger charge is 2.12. The normalized spacial score (nSPS) is 11.9. The summed E-state index contributed by atoms with van der Waals surface area (Å²) in [4.78, 5) is 11.7. The second kappa shape index (κ2) is 6.89. The fourth-order valence-electron chi connectivity index (χ4n) is 1.75. The van der Waals surface area contributed by atoms with Crippen LogP contribution in [0.15, 0.2) is 18.2 Å². The smallest absolute Gasteiger partial charge is 0.223 e. The molecule has 4 heteroatoms. The second-order valence-electron chi connectivity index (χ2n) is 4.40. The summed E-state index contributed by atoms with van der Waals surface area (Å²) in [6.07, 6.45) is 1.86. The van der Waals surface area contributed by atoms with Gasteiger partial charge in [0.05, 0.1) is 7.11 Å². The van der Waals surface area contributed by atoms with Crippen LogP contribution < -0.4 is 10.1 Å². The Hall–Kier alpha value is -1.71. The van der Waals surface area contributed by atoms with E-state index in [1.165, 1.54) is 0 Å². The molecule has 0 heterocycles. The Balaban J connectivity index is 2.60. The monoisotopic (exact) mass is 251 g/mol. The van der Waals surface area contributed by atoms with E-state index in [-0.39, 0.29) is 17.6 Å². The Kier molecular flexibility index (Phi) is 5.49. The third-order valence-corrected chi connectivity index (χ3v) is 2.91. The molecule has 0 aliphatic carbocycles. The number of hydrogen-bond acceptors (Lipinski definition) is 3. The van der Waals surface area contributed by atoms with Gasteiger partial charge in [0.25, 0.3) is 0 Å². The van der Waals surface area contributed by atoms with Gasteiger partial charge >= 0.3 is 0 Å². The average Bonchev–Trinajstić information content (AvgIpc) is 2.37. The molecule has 0 saturated heterocycles. The maximum absolute atomic E-state index is 11.7. The van der Waals surface area contributed by atoms with Crippen LogP contribution in [0, 0.1) is 5.92 Å². The van der Waals surface area contributed by atoms with Crippen molar-refractivity contribution in [3.8, 4) is 11.5 Å². The number of aromatic hydroxyl groups is 1. The van der Waals surface area contributed by atoms with Crippen molar-refractivity contribution in [2.24, 2.45) is 5.92 Å². The molecular formula is C14H21NO3. The SMILES string of the molecule is CCCC(C)C(=O)NCc1cc(OC)ccc1O. The molecule has 0 saturated carbocycles. The number of phenolic OH excluding ortho intramolecular Hbond substituents is 1. The van der Waals surface area contributed by atoms with Crippen LogP contribution in [0.25, 0.3) is 0 Å². The molecule has 1 atom stereocenters. The summed E-state index contributed by atoms with van der Waals surface area (Å²) in [7, 11) is 1.57. The van der Waals surface area contributed by atoms with E-state index in [4.69, 9.17) is 4.74 Å². The Morgan fingerprint density at radius 2 is 2.22 bits per heavy atom. The second-order valence-corrected chi connectivity index (χ2v) is 4.40. The maximum Gasteiger partial charge on any atom is 0.223 e. The molecule has 0 aliphatic rings. The van der Waals surface area contributed by atoms with Gasteiger partial charge in [0.2, 0.25) is 5.91 Å². The Bertz CT molecular complexity index is 404. The van der Waals surface area contributed by atoms with Gasteiger partial charge in [0, 0.05) is 18.0 Å². The largest absolute Gasteiger partial charge is 0.508 e. The molecule has 2 N–H and O–H groups in total. The zero-order chi connectivity index (χ0) is 13.5. The lowest BCUT2D eigenvalue weighted by atomic mass is 10.1. The molecule has 1 aromatic rings. The van der Waals surface area contributed by atoms with E-state index in [9.17, 15) is 9.90 Å². The molecule has 0 spiro atoms. The molecule has 0 radical (unpaired) electrons. The van der Waals surface area contributed by atoms with Gasteiger partial charge in [0.15, 0.2) is 0 Å². The van der Waals surface area contributed by atoms with Crippen molar-refractivity contribution in [1.29, 1.82) is 0 Å². The highest BCUT2D eigenvalue weighted by Crippen LogP contribution is 2.22. The topological polar surface area (TPSA) is 58.6 Å². The summed E-state index contributed by atoms with van der Waals surface area (Å²) in [5.41, 5.74) is 0.659. The number of benzene rings is 1. The summed E-state index contributed by atoms with van der Waals surface area (Å²) in [6.45, 7) is 4.28. The maximum atomic E-state index is 11.7. The summed E-state index contributed by atoms with van der Waals surface area (Å²) in [5.74, 6) is 0.847. The van der Waals surface area contributed by atoms with Gasteiger partial charge in [-0.3, -0.25) is 4.79 Å². The van der Waals surface area contributed by atoms with Crippen LogP contribution in [0.4, 0.5) is 0 Å². The van der Waals surface area contributed by atoms with Crippen molar-refractivity contribution in [1.82, 2.24) is 5.32 Å². The lowest BCUT2D eigenvalue weighted by molar-refractivity contribution is -0.124. The molecular weight excluding hydrogens is 230 g/mol. The zero-order valence-corrected chi connectivity index (χ0v) is 11.2. The van der Waals surface area contributed by atoms with E-state index in [1.54, 1.807) is 25.3 Å². The molecule has 0 aliphatic heterocycles. The molecule has 4 nitrogen and oxygen atoms in total. The van der Waals surface area contributed by atoms with Crippen LogP contribution in [-0.2, 0) is 11.3 Å². The van der Waals surface area contributed by atoms with Crippen LogP contribution in [0.2, 0.25) is 0 Å². The van der Waals surface area contributed by atoms with Crippen LogP contribution in [-0.4, -0.2) is 18.1 Å². The summed E-state index contributed by atoms with van der Waals surface area (Å²) < 4.78 is 5.08. The van der Waals surface area contributed by atoms with Crippen LogP contribution in [0.1, 0.15) is 32.3 Å². The van der Waals surface area contributed by atoms with Crippen LogP contribution in [0.5, 0.6) is 11.5 Å². The van der Waals surface area contributed by atoms with Gasteiger partial charge in [-0.05, 0) is 24.6 Å². The highest BCUT2D eigenvalue weighted by atomic mass is 16.5. The minimum Gasteiger partial charge on any atom is -0.508 e. The number of phenols is 1. The summed E-state index contributed by atoms with van der Waals surface area (Å²) in [6, 6.07) is 4.97. The van der Waals surface area contributed by atoms with E-state index >= 15 is 0 Å². The highest BCUT2D eigenvalue weighted by molar-refractivity contribution is 5.78. The Labute approximate surface area is 108 Å². The molecule has 0 bridgehead atoms. The third kappa shape index (κ3) is 3.95. The first-order chi connectivity index (χ1) is 8.58. The standard InChI is InChI=1S/C14H21NO3/c1-4-5-10(2)14(17)15-9-11-8-12(18-3)6-7-13(11)16/h6-8,10,16H,4-5,9H2,1-3H3,(H,15,17). The fraction of sp³-hybridized carbons (Fsp3) is 0.500. The number of carbonyl (C=O) groups excluding carboxylic acids is 1. The predicted octanol–water partition coefficient (Wildman–Crippen LogP) is 2.45. The number of ether oxygens (including phenoxy) is 1. The fourth-order valence-corrected chi connectivity index (χ4v) is 1.75. The van der Waals surface area contributed by atoms with E-state index in [1.807, 2.05) is 6.92 Å². The number of carbonyl (C=O) groups is 1. The average molecular weight is 251 g/mol. The van der Waals surface area contributed by atoms with Gasteiger partial charge in [-0.2, -0.15) is 0 Å². The van der Waals surface area contributed by atoms with Crippen LogP contribution in [0.3, 0.4) is 0 Å². The van der Waals surface area contributed by atoms with Gasteiger partial charge in [0.1, 0.15) is 11.5 Å². The van der Waals surface area contributed by atoms with Crippen molar-refractivity contribution >= 4 is 5.91 Å². The summed E-state index contributed by atoms with van der Waals surface area (Å²) in [5, 5.41) is 12.5. The Morgan fingerprint density at radius 1 is 1.50 bits per heavy atom. The first-order valence-electron chi connectivity index (χ1n) is 6.22. The molecule has 1 unspecified atom stereocenters. The lowest BCUT2D eigenvalue weighted by Crippen LogP contribution is -2.28. The predicted molar refractivity (Wildman–Crippen MR) is 70.6 cm³/mol. The number of rotatable bonds is 6. The van der Waals surface area contributed by atoms with Gasteiger partial charge in [-0.15, -0.1) is 0 Å². The quantitative estimate of drug-likeness (QED) is 0.816. The molecule has 100 valence electrons. The molecule has 0 fully saturated rings. The van der Waals surface area contributed by atoms with E-state index < -0.39 is 0 Å². The third-order valence-electron chi connectivity index (χ3n) is 2.91. The van der Waals surface area contributed by atoms with Crippen molar-refractivity contribution in [3.05, 3.63) is 23.8 Å². The first kappa shape index (κ1) is 14.4. The minimum absolute atomic E-state index is 0.00255. The molecule has 0 aromatic heterocycles. The number of nitrogens with one attached hydrogen (secondary N) is 1. The molecule has 1 aromatic carbocycles. The van der Waals surface area contributed by atoms with Crippen molar-refractivity contribution in [3.63, 3.8) is 0 Å². The summed E-state index contributed by atoms with van der Waals surface area (Å²) >= 11 is 0. The minimum atomic E-state index is 0.00255. The molecule has 18 heavy (non-hydrogen) atoms. The number of hydrogen-bond donors (Lipinski definition) is 2. The van der Waals surface area contributed by atoms with Crippen molar-refractivity contribution in [2.45, 2.75) is 33.2 Å². The number of amides is 1. The molecule has 1 rings (SSSR count). The zero-order valence-electron chi connectivity index (χ0n) is 11.2. The van der Waals surface area contributed by atoms with E-state index in [0.29, 0.717) is 17.9 Å². The van der Waals surface area contributed by atoms with Crippen molar-refractivity contribution < 1.29 is 14.6 Å². The van der Waals surface area contributed by atoms with Crippen LogP contribution >= 0.6 is 0 Å².